The molecule has 0 unspecified atom stereocenters. The summed E-state index contributed by atoms with van der Waals surface area (Å²) < 4.78 is 0. The Morgan fingerprint density at radius 2 is 1.76 bits per heavy atom. The summed E-state index contributed by atoms with van der Waals surface area (Å²) in [6, 6.07) is 8.18. The first kappa shape index (κ1) is 16.0. The molecule has 0 saturated carbocycles. The number of hydrogen-bond donors (Lipinski definition) is 0. The van der Waals surface area contributed by atoms with Gasteiger partial charge >= 0.3 is 0 Å². The van der Waals surface area contributed by atoms with Crippen molar-refractivity contribution < 1.29 is 9.59 Å². The van der Waals surface area contributed by atoms with Gasteiger partial charge in [-0.15, -0.1) is 0 Å². The van der Waals surface area contributed by atoms with Gasteiger partial charge in [-0.1, -0.05) is 23.7 Å². The lowest BCUT2D eigenvalue weighted by atomic mass is 10.1. The van der Waals surface area contributed by atoms with Crippen molar-refractivity contribution in [3.05, 3.63) is 34.9 Å². The molecular formula is C16H21ClN2O2. The van der Waals surface area contributed by atoms with Crippen molar-refractivity contribution in [2.45, 2.75) is 32.2 Å². The van der Waals surface area contributed by atoms with Crippen LogP contribution in [0.15, 0.2) is 24.3 Å². The van der Waals surface area contributed by atoms with Crippen molar-refractivity contribution in [1.29, 1.82) is 0 Å². The molecule has 5 heteroatoms. The Morgan fingerprint density at radius 1 is 1.19 bits per heavy atom. The van der Waals surface area contributed by atoms with Gasteiger partial charge < -0.3 is 4.90 Å². The lowest BCUT2D eigenvalue weighted by Gasteiger charge is -2.26. The molecule has 1 saturated heterocycles. The average molecular weight is 309 g/mol. The molecule has 1 fully saturated rings. The molecule has 1 aromatic rings. The number of benzene rings is 1. The fourth-order valence-corrected chi connectivity index (χ4v) is 2.59. The molecule has 0 bridgehead atoms. The number of nitrogens with zero attached hydrogens (tertiary/aromatic N) is 2. The van der Waals surface area contributed by atoms with Crippen LogP contribution in [-0.4, -0.2) is 47.8 Å². The van der Waals surface area contributed by atoms with Gasteiger partial charge in [0.2, 0.25) is 11.8 Å². The average Bonchev–Trinajstić information content (AvgIpc) is 2.78. The molecule has 114 valence electrons. The summed E-state index contributed by atoms with van der Waals surface area (Å²) in [7, 11) is 2.02. The van der Waals surface area contributed by atoms with Crippen LogP contribution in [0.4, 0.5) is 0 Å². The van der Waals surface area contributed by atoms with Crippen molar-refractivity contribution in [2.75, 3.05) is 20.1 Å². The molecule has 2 rings (SSSR count). The lowest BCUT2D eigenvalue weighted by molar-refractivity contribution is -0.138. The van der Waals surface area contributed by atoms with Crippen LogP contribution in [0.25, 0.3) is 0 Å². The molecule has 1 aliphatic heterocycles. The number of hydrogen-bond acceptors (Lipinski definition) is 3. The van der Waals surface area contributed by atoms with E-state index in [4.69, 9.17) is 11.6 Å². The van der Waals surface area contributed by atoms with Crippen LogP contribution in [0.2, 0.25) is 5.02 Å². The summed E-state index contributed by atoms with van der Waals surface area (Å²) in [5.41, 5.74) is 1.23. The number of likely N-dealkylation sites (tertiary alicyclic amines) is 1. The zero-order valence-corrected chi connectivity index (χ0v) is 13.3. The maximum atomic E-state index is 11.6. The van der Waals surface area contributed by atoms with Crippen molar-refractivity contribution in [3.8, 4) is 0 Å². The largest absolute Gasteiger partial charge is 0.302 e. The molecule has 0 aliphatic carbocycles. The molecule has 1 atom stereocenters. The van der Waals surface area contributed by atoms with E-state index in [1.54, 1.807) is 0 Å². The third-order valence-corrected chi connectivity index (χ3v) is 4.28. The third-order valence-electron chi connectivity index (χ3n) is 4.03. The maximum absolute atomic E-state index is 11.6. The van der Waals surface area contributed by atoms with Gasteiger partial charge in [0.1, 0.15) is 0 Å². The highest BCUT2D eigenvalue weighted by atomic mass is 35.5. The molecule has 1 aromatic carbocycles. The Kier molecular flexibility index (Phi) is 5.37. The van der Waals surface area contributed by atoms with Crippen LogP contribution in [0.3, 0.4) is 0 Å². The summed E-state index contributed by atoms with van der Waals surface area (Å²) in [4.78, 5) is 26.7. The van der Waals surface area contributed by atoms with E-state index in [1.165, 1.54) is 10.5 Å². The number of likely N-dealkylation sites (N-methyl/N-ethyl adjacent to an activating group) is 1. The number of rotatable bonds is 6. The van der Waals surface area contributed by atoms with E-state index in [0.717, 1.165) is 11.4 Å². The molecular weight excluding hydrogens is 288 g/mol. The first-order valence-electron chi connectivity index (χ1n) is 7.25. The van der Waals surface area contributed by atoms with E-state index in [2.05, 4.69) is 11.8 Å². The van der Waals surface area contributed by atoms with Crippen molar-refractivity contribution in [1.82, 2.24) is 9.80 Å². The van der Waals surface area contributed by atoms with Gasteiger partial charge in [0, 0.05) is 37.0 Å². The summed E-state index contributed by atoms with van der Waals surface area (Å²) in [6.07, 6.45) is 1.64. The quantitative estimate of drug-likeness (QED) is 0.758. The predicted octanol–water partition coefficient (Wildman–Crippen LogP) is 2.35. The maximum Gasteiger partial charge on any atom is 0.229 e. The summed E-state index contributed by atoms with van der Waals surface area (Å²) in [5.74, 6) is -0.0856. The van der Waals surface area contributed by atoms with Crippen LogP contribution in [-0.2, 0) is 16.0 Å². The Balaban J connectivity index is 1.82. The first-order valence-corrected chi connectivity index (χ1v) is 7.63. The highest BCUT2D eigenvalue weighted by molar-refractivity contribution is 6.30. The number of amides is 2. The molecule has 0 radical (unpaired) electrons. The number of imide groups is 1. The second-order valence-electron chi connectivity index (χ2n) is 5.60. The van der Waals surface area contributed by atoms with E-state index < -0.39 is 0 Å². The zero-order valence-electron chi connectivity index (χ0n) is 12.5. The number of halogens is 1. The van der Waals surface area contributed by atoms with Gasteiger partial charge in [0.15, 0.2) is 0 Å². The second-order valence-corrected chi connectivity index (χ2v) is 6.04. The van der Waals surface area contributed by atoms with E-state index in [9.17, 15) is 9.59 Å². The molecule has 21 heavy (non-hydrogen) atoms. The van der Waals surface area contributed by atoms with Crippen molar-refractivity contribution >= 4 is 23.4 Å². The molecule has 0 spiro atoms. The van der Waals surface area contributed by atoms with Crippen molar-refractivity contribution in [2.24, 2.45) is 0 Å². The Hall–Kier alpha value is -1.39. The number of carbonyl (C=O) groups is 2. The minimum atomic E-state index is -0.0428. The van der Waals surface area contributed by atoms with E-state index in [0.29, 0.717) is 32.0 Å². The fraction of sp³-hybridized carbons (Fsp3) is 0.500. The second kappa shape index (κ2) is 7.05. The minimum absolute atomic E-state index is 0.0428. The van der Waals surface area contributed by atoms with E-state index in [-0.39, 0.29) is 11.8 Å². The van der Waals surface area contributed by atoms with Gasteiger partial charge in [-0.25, -0.2) is 0 Å². The summed E-state index contributed by atoms with van der Waals surface area (Å²) in [6.45, 7) is 3.33. The predicted molar refractivity (Wildman–Crippen MR) is 83.2 cm³/mol. The lowest BCUT2D eigenvalue weighted by Crippen LogP contribution is -2.40. The highest BCUT2D eigenvalue weighted by Crippen LogP contribution is 2.14. The standard InChI is InChI=1S/C16H21ClN2O2/c1-12(11-13-3-5-14(17)6-4-13)18(2)9-10-19-15(20)7-8-16(19)21/h3-6,12H,7-11H2,1-2H3/t12-/m0/s1. The van der Waals surface area contributed by atoms with E-state index >= 15 is 0 Å². The normalized spacial score (nSPS) is 16.9. The van der Waals surface area contributed by atoms with Crippen LogP contribution >= 0.6 is 11.6 Å². The molecule has 1 aliphatic rings. The minimum Gasteiger partial charge on any atom is -0.302 e. The zero-order chi connectivity index (χ0) is 15.4. The van der Waals surface area contributed by atoms with Gasteiger partial charge in [0.05, 0.1) is 0 Å². The van der Waals surface area contributed by atoms with Gasteiger partial charge in [-0.3, -0.25) is 14.5 Å². The van der Waals surface area contributed by atoms with E-state index in [1.807, 2.05) is 31.3 Å². The van der Waals surface area contributed by atoms with Gasteiger partial charge in [-0.2, -0.15) is 0 Å². The van der Waals surface area contributed by atoms with Gasteiger partial charge in [-0.05, 0) is 38.1 Å². The fourth-order valence-electron chi connectivity index (χ4n) is 2.47. The Morgan fingerprint density at radius 3 is 2.33 bits per heavy atom. The SMILES string of the molecule is C[C@@H](Cc1ccc(Cl)cc1)N(C)CCN1C(=O)CCC1=O. The summed E-state index contributed by atoms with van der Waals surface area (Å²) in [5, 5.41) is 0.741. The topological polar surface area (TPSA) is 40.6 Å². The highest BCUT2D eigenvalue weighted by Gasteiger charge is 2.28. The van der Waals surface area contributed by atoms with Crippen LogP contribution in [0, 0.1) is 0 Å². The molecule has 0 N–H and O–H groups in total. The molecule has 2 amide bonds. The molecule has 4 nitrogen and oxygen atoms in total. The summed E-state index contributed by atoms with van der Waals surface area (Å²) >= 11 is 5.88. The molecule has 1 heterocycles. The number of carbonyl (C=O) groups excluding carboxylic acids is 2. The third kappa shape index (κ3) is 4.29. The monoisotopic (exact) mass is 308 g/mol. The Labute approximate surface area is 130 Å². The first-order chi connectivity index (χ1) is 9.97. The molecule has 0 aromatic heterocycles. The smallest absolute Gasteiger partial charge is 0.229 e. The Bertz CT molecular complexity index is 500. The van der Waals surface area contributed by atoms with Gasteiger partial charge in [0.25, 0.3) is 0 Å². The van der Waals surface area contributed by atoms with Crippen LogP contribution in [0.1, 0.15) is 25.3 Å². The van der Waals surface area contributed by atoms with Crippen molar-refractivity contribution in [3.63, 3.8) is 0 Å². The van der Waals surface area contributed by atoms with Crippen LogP contribution in [0.5, 0.6) is 0 Å². The van der Waals surface area contributed by atoms with Crippen LogP contribution < -0.4 is 0 Å².